The minimum absolute atomic E-state index is 0.615. The van der Waals surface area contributed by atoms with Gasteiger partial charge in [0, 0.05) is 19.1 Å². The summed E-state index contributed by atoms with van der Waals surface area (Å²) in [6, 6.07) is 0.615. The molecule has 0 bridgehead atoms. The molecule has 0 saturated heterocycles. The highest BCUT2D eigenvalue weighted by atomic mass is 15.3. The normalized spacial score (nSPS) is 18.4. The Balaban J connectivity index is 1.83. The van der Waals surface area contributed by atoms with Crippen LogP contribution in [0, 0.1) is 0 Å². The lowest BCUT2D eigenvalue weighted by Gasteiger charge is -2.32. The number of nitrogens with zero attached hydrogens (tertiary/aromatic N) is 4. The maximum Gasteiger partial charge on any atom is 0.147 e. The molecule has 1 aliphatic heterocycles. The molecular weight excluding hydrogens is 202 g/mol. The van der Waals surface area contributed by atoms with Crippen molar-refractivity contribution in [2.75, 3.05) is 19.6 Å². The highest BCUT2D eigenvalue weighted by Crippen LogP contribution is 2.13. The van der Waals surface area contributed by atoms with Gasteiger partial charge in [0.25, 0.3) is 0 Å². The van der Waals surface area contributed by atoms with Gasteiger partial charge in [0.2, 0.25) is 0 Å². The highest BCUT2D eigenvalue weighted by molar-refractivity contribution is 4.91. The molecule has 0 fully saturated rings. The fraction of sp³-hybridized carbons (Fsp3) is 0.818. The van der Waals surface area contributed by atoms with E-state index in [1.54, 1.807) is 0 Å². The summed E-state index contributed by atoms with van der Waals surface area (Å²) >= 11 is 0. The number of aromatic nitrogens is 3. The Morgan fingerprint density at radius 2 is 2.38 bits per heavy atom. The minimum atomic E-state index is 0.615. The van der Waals surface area contributed by atoms with Crippen LogP contribution in [0.4, 0.5) is 0 Å². The van der Waals surface area contributed by atoms with E-state index in [1.807, 2.05) is 6.33 Å². The molecule has 0 saturated carbocycles. The first kappa shape index (κ1) is 11.5. The summed E-state index contributed by atoms with van der Waals surface area (Å²) in [6.45, 7) is 9.67. The minimum Gasteiger partial charge on any atom is -0.317 e. The van der Waals surface area contributed by atoms with Crippen molar-refractivity contribution in [1.29, 1.82) is 0 Å². The van der Waals surface area contributed by atoms with Gasteiger partial charge in [0.15, 0.2) is 0 Å². The maximum absolute atomic E-state index is 4.14. The molecule has 2 heterocycles. The fourth-order valence-corrected chi connectivity index (χ4v) is 2.13. The largest absolute Gasteiger partial charge is 0.317 e. The Kier molecular flexibility index (Phi) is 3.90. The Labute approximate surface area is 96.8 Å². The molecule has 0 aromatic carbocycles. The Hall–Kier alpha value is -0.940. The first-order chi connectivity index (χ1) is 7.81. The first-order valence-corrected chi connectivity index (χ1v) is 6.12. The second-order valence-corrected chi connectivity index (χ2v) is 4.40. The molecule has 5 nitrogen and oxygen atoms in total. The van der Waals surface area contributed by atoms with E-state index in [9.17, 15) is 0 Å². The standard InChI is InChI=1S/C11H21N5/c1-3-12-5-4-10(2)15-6-7-16-9-13-14-11(16)8-15/h9-10,12H,3-8H2,1-2H3. The average molecular weight is 223 g/mol. The second-order valence-electron chi connectivity index (χ2n) is 4.40. The molecule has 1 aromatic rings. The SMILES string of the molecule is CCNCCC(C)N1CCn2cnnc2C1. The third-order valence-electron chi connectivity index (χ3n) is 3.28. The third kappa shape index (κ3) is 2.59. The van der Waals surface area contributed by atoms with E-state index >= 15 is 0 Å². The van der Waals surface area contributed by atoms with E-state index in [4.69, 9.17) is 0 Å². The van der Waals surface area contributed by atoms with Crippen LogP contribution in [0.5, 0.6) is 0 Å². The summed E-state index contributed by atoms with van der Waals surface area (Å²) in [6.07, 6.45) is 3.03. The van der Waals surface area contributed by atoms with Crippen molar-refractivity contribution < 1.29 is 0 Å². The van der Waals surface area contributed by atoms with Crippen molar-refractivity contribution >= 4 is 0 Å². The highest BCUT2D eigenvalue weighted by Gasteiger charge is 2.21. The molecule has 0 spiro atoms. The van der Waals surface area contributed by atoms with Crippen molar-refractivity contribution in [3.8, 4) is 0 Å². The van der Waals surface area contributed by atoms with Crippen molar-refractivity contribution in [3.05, 3.63) is 12.2 Å². The molecule has 16 heavy (non-hydrogen) atoms. The fourth-order valence-electron chi connectivity index (χ4n) is 2.13. The van der Waals surface area contributed by atoms with Crippen LogP contribution < -0.4 is 5.32 Å². The van der Waals surface area contributed by atoms with Gasteiger partial charge >= 0.3 is 0 Å². The van der Waals surface area contributed by atoms with Gasteiger partial charge in [-0.2, -0.15) is 0 Å². The lowest BCUT2D eigenvalue weighted by Crippen LogP contribution is -2.40. The summed E-state index contributed by atoms with van der Waals surface area (Å²) in [4.78, 5) is 2.49. The summed E-state index contributed by atoms with van der Waals surface area (Å²) in [5.74, 6) is 1.10. The number of nitrogens with one attached hydrogen (secondary N) is 1. The topological polar surface area (TPSA) is 46.0 Å². The second kappa shape index (κ2) is 5.41. The van der Waals surface area contributed by atoms with Gasteiger partial charge in [-0.15, -0.1) is 10.2 Å². The molecule has 0 radical (unpaired) electrons. The summed E-state index contributed by atoms with van der Waals surface area (Å²) in [5, 5.41) is 11.5. The van der Waals surface area contributed by atoms with Gasteiger partial charge in [0.05, 0.1) is 6.54 Å². The molecule has 1 aromatic heterocycles. The maximum atomic E-state index is 4.14. The van der Waals surface area contributed by atoms with Gasteiger partial charge in [-0.25, -0.2) is 0 Å². The molecular formula is C11H21N5. The van der Waals surface area contributed by atoms with E-state index in [-0.39, 0.29) is 0 Å². The van der Waals surface area contributed by atoms with Gasteiger partial charge in [0.1, 0.15) is 12.2 Å². The first-order valence-electron chi connectivity index (χ1n) is 6.12. The predicted octanol–water partition coefficient (Wildman–Crippen LogP) is 0.482. The van der Waals surface area contributed by atoms with E-state index < -0.39 is 0 Å². The van der Waals surface area contributed by atoms with Gasteiger partial charge < -0.3 is 9.88 Å². The van der Waals surface area contributed by atoms with Crippen molar-refractivity contribution in [3.63, 3.8) is 0 Å². The summed E-state index contributed by atoms with van der Waals surface area (Å²) in [7, 11) is 0. The third-order valence-corrected chi connectivity index (χ3v) is 3.28. The van der Waals surface area contributed by atoms with E-state index in [0.29, 0.717) is 6.04 Å². The number of hydrogen-bond donors (Lipinski definition) is 1. The smallest absolute Gasteiger partial charge is 0.147 e. The van der Waals surface area contributed by atoms with Gasteiger partial charge in [-0.3, -0.25) is 4.90 Å². The molecule has 90 valence electrons. The molecule has 1 N–H and O–H groups in total. The van der Waals surface area contributed by atoms with Crippen LogP contribution in [-0.4, -0.2) is 45.3 Å². The number of fused-ring (bicyclic) bond motifs is 1. The van der Waals surface area contributed by atoms with Crippen LogP contribution in [0.2, 0.25) is 0 Å². The molecule has 1 aliphatic rings. The Morgan fingerprint density at radius 3 is 3.19 bits per heavy atom. The van der Waals surface area contributed by atoms with Crippen molar-refractivity contribution in [2.24, 2.45) is 0 Å². The lowest BCUT2D eigenvalue weighted by atomic mass is 10.2. The molecule has 0 amide bonds. The molecule has 1 atom stereocenters. The van der Waals surface area contributed by atoms with Gasteiger partial charge in [-0.1, -0.05) is 6.92 Å². The molecule has 2 rings (SSSR count). The van der Waals surface area contributed by atoms with Crippen LogP contribution in [0.3, 0.4) is 0 Å². The van der Waals surface area contributed by atoms with Crippen LogP contribution in [0.15, 0.2) is 6.33 Å². The van der Waals surface area contributed by atoms with E-state index in [0.717, 1.165) is 38.5 Å². The zero-order valence-corrected chi connectivity index (χ0v) is 10.2. The van der Waals surface area contributed by atoms with Gasteiger partial charge in [-0.05, 0) is 26.4 Å². The Bertz CT molecular complexity index is 322. The Morgan fingerprint density at radius 1 is 1.50 bits per heavy atom. The number of hydrogen-bond acceptors (Lipinski definition) is 4. The zero-order valence-electron chi connectivity index (χ0n) is 10.2. The molecule has 1 unspecified atom stereocenters. The molecule has 5 heteroatoms. The molecule has 0 aliphatic carbocycles. The quantitative estimate of drug-likeness (QED) is 0.738. The van der Waals surface area contributed by atoms with Crippen LogP contribution in [-0.2, 0) is 13.1 Å². The average Bonchev–Trinajstić information content (AvgIpc) is 2.76. The zero-order chi connectivity index (χ0) is 11.4. The lowest BCUT2D eigenvalue weighted by molar-refractivity contribution is 0.155. The predicted molar refractivity (Wildman–Crippen MR) is 63.1 cm³/mol. The van der Waals surface area contributed by atoms with Crippen molar-refractivity contribution in [2.45, 2.75) is 39.4 Å². The van der Waals surface area contributed by atoms with Crippen LogP contribution in [0.25, 0.3) is 0 Å². The van der Waals surface area contributed by atoms with E-state index in [1.165, 1.54) is 6.42 Å². The summed E-state index contributed by atoms with van der Waals surface area (Å²) in [5.41, 5.74) is 0. The monoisotopic (exact) mass is 223 g/mol. The number of rotatable bonds is 5. The van der Waals surface area contributed by atoms with Crippen LogP contribution in [0.1, 0.15) is 26.1 Å². The summed E-state index contributed by atoms with van der Waals surface area (Å²) < 4.78 is 2.15. The van der Waals surface area contributed by atoms with Crippen molar-refractivity contribution in [1.82, 2.24) is 25.0 Å². The van der Waals surface area contributed by atoms with E-state index in [2.05, 4.69) is 38.8 Å². The van der Waals surface area contributed by atoms with Crippen LogP contribution >= 0.6 is 0 Å².